The average molecular weight is 294 g/mol. The summed E-state index contributed by atoms with van der Waals surface area (Å²) < 4.78 is 27.3. The lowest BCUT2D eigenvalue weighted by atomic mass is 9.75. The highest BCUT2D eigenvalue weighted by molar-refractivity contribution is 6.33. The van der Waals surface area contributed by atoms with Gasteiger partial charge in [0, 0.05) is 6.04 Å². The van der Waals surface area contributed by atoms with Crippen LogP contribution in [0.1, 0.15) is 24.3 Å². The van der Waals surface area contributed by atoms with E-state index in [-0.39, 0.29) is 23.6 Å². The summed E-state index contributed by atoms with van der Waals surface area (Å²) in [4.78, 5) is 0. The molecule has 0 radical (unpaired) electrons. The maximum Gasteiger partial charge on any atom is 0.147 e. The zero-order chi connectivity index (χ0) is 14.1. The second kappa shape index (κ2) is 5.41. The quantitative estimate of drug-likeness (QED) is 0.842. The summed E-state index contributed by atoms with van der Waals surface area (Å²) in [5.74, 6) is -0.328. The van der Waals surface area contributed by atoms with E-state index >= 15 is 0 Å². The molecule has 2 aromatic carbocycles. The maximum absolute atomic E-state index is 13.6. The predicted octanol–water partition coefficient (Wildman–Crippen LogP) is 4.98. The number of anilines is 1. The molecule has 2 aromatic rings. The second-order valence-corrected chi connectivity index (χ2v) is 5.53. The van der Waals surface area contributed by atoms with Crippen LogP contribution in [0, 0.1) is 11.6 Å². The molecule has 0 atom stereocenters. The van der Waals surface area contributed by atoms with Gasteiger partial charge in [-0.3, -0.25) is 0 Å². The number of hydrogen-bond donors (Lipinski definition) is 1. The predicted molar refractivity (Wildman–Crippen MR) is 77.2 cm³/mol. The number of benzene rings is 2. The Morgan fingerprint density at radius 1 is 0.950 bits per heavy atom. The van der Waals surface area contributed by atoms with Crippen LogP contribution >= 0.6 is 11.6 Å². The van der Waals surface area contributed by atoms with Gasteiger partial charge in [0.05, 0.1) is 10.7 Å². The highest BCUT2D eigenvalue weighted by Gasteiger charge is 2.32. The van der Waals surface area contributed by atoms with Gasteiger partial charge in [-0.15, -0.1) is 0 Å². The fourth-order valence-corrected chi connectivity index (χ4v) is 2.85. The minimum Gasteiger partial charge on any atom is -0.379 e. The third-order valence-electron chi connectivity index (χ3n) is 3.79. The molecule has 0 amide bonds. The molecule has 0 heterocycles. The second-order valence-electron chi connectivity index (χ2n) is 5.13. The van der Waals surface area contributed by atoms with Crippen LogP contribution in [0.5, 0.6) is 0 Å². The Morgan fingerprint density at radius 3 is 2.35 bits per heavy atom. The van der Waals surface area contributed by atoms with E-state index in [1.54, 1.807) is 18.2 Å². The van der Waals surface area contributed by atoms with Crippen molar-refractivity contribution in [3.63, 3.8) is 0 Å². The Hall–Kier alpha value is -1.61. The zero-order valence-corrected chi connectivity index (χ0v) is 11.5. The van der Waals surface area contributed by atoms with Crippen molar-refractivity contribution >= 4 is 17.3 Å². The van der Waals surface area contributed by atoms with Crippen LogP contribution in [0.25, 0.3) is 0 Å². The molecule has 1 fully saturated rings. The van der Waals surface area contributed by atoms with E-state index in [9.17, 15) is 8.78 Å². The first-order valence-electron chi connectivity index (χ1n) is 6.60. The zero-order valence-electron chi connectivity index (χ0n) is 10.7. The van der Waals surface area contributed by atoms with Gasteiger partial charge in [-0.2, -0.15) is 0 Å². The Bertz CT molecular complexity index is 603. The fraction of sp³-hybridized carbons (Fsp3) is 0.250. The molecule has 20 heavy (non-hydrogen) atoms. The van der Waals surface area contributed by atoms with E-state index in [0.29, 0.717) is 10.7 Å². The van der Waals surface area contributed by atoms with Gasteiger partial charge in [-0.25, -0.2) is 8.78 Å². The van der Waals surface area contributed by atoms with E-state index in [0.717, 1.165) is 18.4 Å². The molecule has 0 spiro atoms. The molecule has 0 aromatic heterocycles. The van der Waals surface area contributed by atoms with Gasteiger partial charge in [-0.05, 0) is 42.5 Å². The lowest BCUT2D eigenvalue weighted by molar-refractivity contribution is 0.362. The lowest BCUT2D eigenvalue weighted by Crippen LogP contribution is -2.34. The summed E-state index contributed by atoms with van der Waals surface area (Å²) >= 11 is 5.97. The summed E-state index contributed by atoms with van der Waals surface area (Å²) in [6.07, 6.45) is 1.57. The van der Waals surface area contributed by atoms with Crippen LogP contribution in [0.15, 0.2) is 42.5 Å². The summed E-state index contributed by atoms with van der Waals surface area (Å²) in [5.41, 5.74) is 1.08. The molecule has 1 nitrogen and oxygen atoms in total. The van der Waals surface area contributed by atoms with E-state index in [1.165, 1.54) is 12.1 Å². The first kappa shape index (κ1) is 13.4. The molecule has 0 aliphatic heterocycles. The molecule has 4 heteroatoms. The molecule has 1 aliphatic carbocycles. The summed E-state index contributed by atoms with van der Waals surface area (Å²) in [5, 5.41) is 3.48. The number of hydrogen-bond acceptors (Lipinski definition) is 1. The van der Waals surface area contributed by atoms with Crippen molar-refractivity contribution in [1.82, 2.24) is 0 Å². The summed E-state index contributed by atoms with van der Waals surface area (Å²) in [6.45, 7) is 0. The van der Waals surface area contributed by atoms with Crippen molar-refractivity contribution in [2.45, 2.75) is 24.8 Å². The molecule has 1 N–H and O–H groups in total. The van der Waals surface area contributed by atoms with Crippen molar-refractivity contribution in [1.29, 1.82) is 0 Å². The van der Waals surface area contributed by atoms with Gasteiger partial charge in [0.15, 0.2) is 0 Å². The van der Waals surface area contributed by atoms with Crippen molar-refractivity contribution in [3.8, 4) is 0 Å². The molecule has 0 unspecified atom stereocenters. The van der Waals surface area contributed by atoms with Crippen LogP contribution in [-0.2, 0) is 0 Å². The van der Waals surface area contributed by atoms with Gasteiger partial charge < -0.3 is 5.32 Å². The van der Waals surface area contributed by atoms with Gasteiger partial charge in [0.2, 0.25) is 0 Å². The minimum atomic E-state index is -0.355. The Kier molecular flexibility index (Phi) is 3.62. The van der Waals surface area contributed by atoms with Crippen molar-refractivity contribution in [2.75, 3.05) is 5.32 Å². The number of para-hydroxylation sites is 1. The maximum atomic E-state index is 13.6. The SMILES string of the molecule is Fc1ccccc1C1CC(Nc2c(F)cccc2Cl)C1. The normalized spacial score (nSPS) is 21.4. The molecule has 1 aliphatic rings. The van der Waals surface area contributed by atoms with Crippen molar-refractivity contribution in [3.05, 3.63) is 64.7 Å². The average Bonchev–Trinajstić information content (AvgIpc) is 2.37. The van der Waals surface area contributed by atoms with Crippen LogP contribution in [0.3, 0.4) is 0 Å². The van der Waals surface area contributed by atoms with Crippen molar-refractivity contribution in [2.24, 2.45) is 0 Å². The Balaban J connectivity index is 1.66. The summed E-state index contributed by atoms with van der Waals surface area (Å²) in [7, 11) is 0. The van der Waals surface area contributed by atoms with Crippen LogP contribution in [0.2, 0.25) is 5.02 Å². The van der Waals surface area contributed by atoms with Crippen LogP contribution in [-0.4, -0.2) is 6.04 Å². The standard InChI is InChI=1S/C16H14ClF2N/c17-13-5-3-7-15(19)16(13)20-11-8-10(9-11)12-4-1-2-6-14(12)18/h1-7,10-11,20H,8-9H2. The molecular formula is C16H14ClF2N. The van der Waals surface area contributed by atoms with Gasteiger partial charge in [-0.1, -0.05) is 35.9 Å². The smallest absolute Gasteiger partial charge is 0.147 e. The Morgan fingerprint density at radius 2 is 1.65 bits per heavy atom. The molecule has 1 saturated carbocycles. The van der Waals surface area contributed by atoms with Crippen molar-refractivity contribution < 1.29 is 8.78 Å². The number of halogens is 3. The third kappa shape index (κ3) is 2.50. The molecule has 104 valence electrons. The highest BCUT2D eigenvalue weighted by Crippen LogP contribution is 2.40. The monoisotopic (exact) mass is 293 g/mol. The van der Waals surface area contributed by atoms with E-state index in [4.69, 9.17) is 11.6 Å². The van der Waals surface area contributed by atoms with Crippen LogP contribution in [0.4, 0.5) is 14.5 Å². The Labute approximate surface area is 121 Å². The van der Waals surface area contributed by atoms with E-state index in [2.05, 4.69) is 5.32 Å². The van der Waals surface area contributed by atoms with E-state index in [1.807, 2.05) is 12.1 Å². The first-order chi connectivity index (χ1) is 9.65. The summed E-state index contributed by atoms with van der Waals surface area (Å²) in [6, 6.07) is 11.6. The van der Waals surface area contributed by atoms with Crippen LogP contribution < -0.4 is 5.32 Å². The topological polar surface area (TPSA) is 12.0 Å². The minimum absolute atomic E-state index is 0.133. The van der Waals surface area contributed by atoms with Gasteiger partial charge >= 0.3 is 0 Å². The van der Waals surface area contributed by atoms with Gasteiger partial charge in [0.1, 0.15) is 11.6 Å². The largest absolute Gasteiger partial charge is 0.379 e. The van der Waals surface area contributed by atoms with E-state index < -0.39 is 0 Å². The molecule has 3 rings (SSSR count). The fourth-order valence-electron chi connectivity index (χ4n) is 2.64. The molecular weight excluding hydrogens is 280 g/mol. The molecule has 0 bridgehead atoms. The van der Waals surface area contributed by atoms with Gasteiger partial charge in [0.25, 0.3) is 0 Å². The highest BCUT2D eigenvalue weighted by atomic mass is 35.5. The number of nitrogens with one attached hydrogen (secondary N) is 1. The number of rotatable bonds is 3. The lowest BCUT2D eigenvalue weighted by Gasteiger charge is -2.37. The first-order valence-corrected chi connectivity index (χ1v) is 6.98. The third-order valence-corrected chi connectivity index (χ3v) is 4.11. The molecule has 0 saturated heterocycles.